The van der Waals surface area contributed by atoms with Crippen molar-refractivity contribution in [3.8, 4) is 41.2 Å². The van der Waals surface area contributed by atoms with Gasteiger partial charge in [0.05, 0.1) is 39.0 Å². The highest BCUT2D eigenvalue weighted by molar-refractivity contribution is 6.04. The second-order valence-electron chi connectivity index (χ2n) is 19.1. The highest BCUT2D eigenvalue weighted by Gasteiger charge is 2.53. The molecule has 4 aromatic rings. The number of phenols is 1. The molecule has 2 aromatic heterocycles. The molecule has 322 valence electrons. The zero-order chi connectivity index (χ0) is 42.3. The van der Waals surface area contributed by atoms with Crippen LogP contribution in [0, 0.1) is 40.7 Å². The minimum atomic E-state index is -1.25. The van der Waals surface area contributed by atoms with Crippen molar-refractivity contribution in [2.75, 3.05) is 64.6 Å². The van der Waals surface area contributed by atoms with Gasteiger partial charge in [-0.25, -0.2) is 13.8 Å². The molecule has 12 nitrogen and oxygen atoms in total. The average molecular weight is 837 g/mol. The summed E-state index contributed by atoms with van der Waals surface area (Å²) in [5, 5.41) is 22.8. The largest absolute Gasteiger partial charge is 0.508 e. The van der Waals surface area contributed by atoms with Gasteiger partial charge in [-0.15, -0.1) is 6.42 Å². The number of aromatic nitrogens is 3. The molecular weight excluding hydrogens is 783 g/mol. The van der Waals surface area contributed by atoms with Crippen LogP contribution in [0.1, 0.15) is 83.1 Å². The Labute approximate surface area is 354 Å². The van der Waals surface area contributed by atoms with Crippen LogP contribution in [0.25, 0.3) is 32.9 Å². The lowest BCUT2D eigenvalue weighted by Gasteiger charge is -2.56. The molecule has 1 spiro atoms. The number of carbonyl (C=O) groups is 1. The van der Waals surface area contributed by atoms with Crippen LogP contribution in [0.2, 0.25) is 0 Å². The fourth-order valence-electron chi connectivity index (χ4n) is 11.6. The van der Waals surface area contributed by atoms with E-state index in [0.29, 0.717) is 36.5 Å². The summed E-state index contributed by atoms with van der Waals surface area (Å²) in [5.74, 6) is 1.59. The number of likely N-dealkylation sites (tertiary alicyclic amines) is 2. The molecule has 0 radical (unpaired) electrons. The molecule has 6 fully saturated rings. The van der Waals surface area contributed by atoms with Crippen LogP contribution in [-0.4, -0.2) is 118 Å². The number of amides is 1. The topological polar surface area (TPSA) is 134 Å². The minimum absolute atomic E-state index is 0.0105. The molecule has 6 aliphatic rings. The molecule has 3 saturated carbocycles. The van der Waals surface area contributed by atoms with Crippen molar-refractivity contribution in [2.24, 2.45) is 16.7 Å². The number of methoxy groups -OCH3 is 1. The van der Waals surface area contributed by atoms with Crippen LogP contribution in [-0.2, 0) is 9.53 Å². The number of piperidine rings is 1. The SMILES string of the molecule is C#Cc1c(F)ccc2cc(O)cc(-c3nc(OC)c4c(N5CCOCC(C)(O)C5)nc(OCC56CCCC5N(C5CCC7(CC5)CN(C(=O)C5CC5)C7)CCC6)nc4c3F)c12. The number of fused-ring (bicyclic) bond motifs is 3. The van der Waals surface area contributed by atoms with Gasteiger partial charge < -0.3 is 34.2 Å². The maximum atomic E-state index is 17.5. The molecule has 2 N–H and O–H groups in total. The van der Waals surface area contributed by atoms with E-state index in [1.807, 2.05) is 4.90 Å². The van der Waals surface area contributed by atoms with Crippen molar-refractivity contribution in [1.29, 1.82) is 0 Å². The van der Waals surface area contributed by atoms with Gasteiger partial charge in [-0.2, -0.15) is 9.97 Å². The molecule has 3 unspecified atom stereocenters. The number of nitrogens with zero attached hydrogens (tertiary/aromatic N) is 6. The fourth-order valence-corrected chi connectivity index (χ4v) is 11.6. The number of pyridine rings is 1. The standard InChI is InChI=1S/C47H54F2N6O6/c1-4-32-34(48)11-10-29-21-31(56)22-33(36(29)32)39-38(49)40-37(42(50-39)59-3)41(53-19-20-60-26-45(2,58)23-53)52-44(51-40)61-27-47-14-5-7-35(47)55(18-6-15-47)30-12-16-46(17-13-30)24-54(25-46)43(57)28-8-9-28/h1,10-11,21-22,28,30,35,56,58H,5-9,12-20,23-27H2,2-3H3. The van der Waals surface area contributed by atoms with E-state index < -0.39 is 17.2 Å². The number of rotatable bonds is 8. The number of β-amino-alcohol motifs (C(OH)–C–C–N with tert-alkyl or cyclic N) is 1. The number of carbonyl (C=O) groups excluding carboxylic acids is 1. The van der Waals surface area contributed by atoms with Gasteiger partial charge in [0.2, 0.25) is 11.8 Å². The lowest BCUT2D eigenvalue weighted by molar-refractivity contribution is -0.148. The van der Waals surface area contributed by atoms with Crippen molar-refractivity contribution in [2.45, 2.75) is 95.2 Å². The molecule has 61 heavy (non-hydrogen) atoms. The molecule has 3 aliphatic carbocycles. The summed E-state index contributed by atoms with van der Waals surface area (Å²) in [6.07, 6.45) is 17.7. The third-order valence-corrected chi connectivity index (χ3v) is 14.7. The normalized spacial score (nSPS) is 26.9. The van der Waals surface area contributed by atoms with E-state index in [1.165, 1.54) is 31.4 Å². The summed E-state index contributed by atoms with van der Waals surface area (Å²) in [5.41, 5.74) is -1.52. The molecule has 1 amide bonds. The molecule has 3 aliphatic heterocycles. The number of benzene rings is 2. The first-order valence-electron chi connectivity index (χ1n) is 22.0. The zero-order valence-electron chi connectivity index (χ0n) is 35.0. The van der Waals surface area contributed by atoms with E-state index >= 15 is 8.78 Å². The monoisotopic (exact) mass is 836 g/mol. The highest BCUT2D eigenvalue weighted by atomic mass is 19.1. The molecule has 3 saturated heterocycles. The Morgan fingerprint density at radius 1 is 1.00 bits per heavy atom. The number of hydrogen-bond acceptors (Lipinski definition) is 11. The van der Waals surface area contributed by atoms with E-state index in [-0.39, 0.29) is 93.1 Å². The van der Waals surface area contributed by atoms with Crippen LogP contribution in [0.4, 0.5) is 14.6 Å². The number of aliphatic hydroxyl groups is 1. The van der Waals surface area contributed by atoms with Crippen LogP contribution >= 0.6 is 0 Å². The minimum Gasteiger partial charge on any atom is -0.508 e. The number of terminal acetylenes is 1. The third-order valence-electron chi connectivity index (χ3n) is 14.7. The summed E-state index contributed by atoms with van der Waals surface area (Å²) in [6, 6.07) is 6.23. The number of phenolic OH excluding ortho intramolecular Hbond substituents is 1. The summed E-state index contributed by atoms with van der Waals surface area (Å²) in [4.78, 5) is 33.7. The molecule has 3 atom stereocenters. The van der Waals surface area contributed by atoms with Crippen molar-refractivity contribution in [1.82, 2.24) is 24.8 Å². The Hall–Kier alpha value is -4.84. The Kier molecular flexibility index (Phi) is 10.0. The van der Waals surface area contributed by atoms with Gasteiger partial charge in [0.1, 0.15) is 39.6 Å². The van der Waals surface area contributed by atoms with Crippen LogP contribution in [0.3, 0.4) is 0 Å². The Bertz CT molecular complexity index is 2440. The van der Waals surface area contributed by atoms with Gasteiger partial charge in [0, 0.05) is 59.4 Å². The first-order chi connectivity index (χ1) is 29.4. The van der Waals surface area contributed by atoms with Crippen LogP contribution in [0.5, 0.6) is 17.6 Å². The van der Waals surface area contributed by atoms with E-state index in [2.05, 4.69) is 20.7 Å². The second kappa shape index (κ2) is 15.2. The molecule has 0 bridgehead atoms. The fraction of sp³-hybridized carbons (Fsp3) is 0.574. The van der Waals surface area contributed by atoms with Crippen molar-refractivity contribution in [3.05, 3.63) is 41.5 Å². The lowest BCUT2D eigenvalue weighted by atomic mass is 9.66. The van der Waals surface area contributed by atoms with E-state index in [0.717, 1.165) is 90.3 Å². The number of hydrogen-bond donors (Lipinski definition) is 2. The molecular formula is C47H54F2N6O6. The number of aromatic hydroxyl groups is 1. The summed E-state index contributed by atoms with van der Waals surface area (Å²) < 4.78 is 50.9. The molecule has 2 aromatic carbocycles. The van der Waals surface area contributed by atoms with Gasteiger partial charge in [-0.05, 0) is 101 Å². The van der Waals surface area contributed by atoms with Crippen molar-refractivity contribution < 1.29 is 38.0 Å². The summed E-state index contributed by atoms with van der Waals surface area (Å²) in [6.45, 7) is 5.75. The Balaban J connectivity index is 0.991. The molecule has 14 heteroatoms. The smallest absolute Gasteiger partial charge is 0.319 e. The number of anilines is 1. The molecule has 10 rings (SSSR count). The summed E-state index contributed by atoms with van der Waals surface area (Å²) in [7, 11) is 1.41. The van der Waals surface area contributed by atoms with Gasteiger partial charge in [0.25, 0.3) is 0 Å². The van der Waals surface area contributed by atoms with Crippen molar-refractivity contribution in [3.63, 3.8) is 0 Å². The third kappa shape index (κ3) is 7.10. The highest BCUT2D eigenvalue weighted by Crippen LogP contribution is 2.52. The number of halogens is 2. The average Bonchev–Trinajstić information content (AvgIpc) is 4.03. The first-order valence-corrected chi connectivity index (χ1v) is 22.0. The van der Waals surface area contributed by atoms with E-state index in [9.17, 15) is 15.0 Å². The maximum absolute atomic E-state index is 17.5. The van der Waals surface area contributed by atoms with Crippen LogP contribution in [0.15, 0.2) is 24.3 Å². The van der Waals surface area contributed by atoms with Gasteiger partial charge in [0.15, 0.2) is 5.82 Å². The van der Waals surface area contributed by atoms with Gasteiger partial charge in [-0.1, -0.05) is 18.4 Å². The quantitative estimate of drug-likeness (QED) is 0.186. The van der Waals surface area contributed by atoms with Gasteiger partial charge >= 0.3 is 6.01 Å². The first kappa shape index (κ1) is 40.2. The second-order valence-corrected chi connectivity index (χ2v) is 19.1. The summed E-state index contributed by atoms with van der Waals surface area (Å²) >= 11 is 0. The van der Waals surface area contributed by atoms with Gasteiger partial charge in [-0.3, -0.25) is 9.69 Å². The maximum Gasteiger partial charge on any atom is 0.319 e. The van der Waals surface area contributed by atoms with E-state index in [1.54, 1.807) is 6.92 Å². The molecule has 5 heterocycles. The Morgan fingerprint density at radius 3 is 2.54 bits per heavy atom. The Morgan fingerprint density at radius 2 is 1.79 bits per heavy atom. The zero-order valence-corrected chi connectivity index (χ0v) is 35.0. The van der Waals surface area contributed by atoms with Crippen molar-refractivity contribution >= 4 is 33.4 Å². The number of ether oxygens (including phenoxy) is 3. The predicted molar refractivity (Wildman–Crippen MR) is 225 cm³/mol. The predicted octanol–water partition coefficient (Wildman–Crippen LogP) is 6.60. The van der Waals surface area contributed by atoms with Crippen LogP contribution < -0.4 is 14.4 Å². The lowest BCUT2D eigenvalue weighted by Crippen LogP contribution is -2.62. The van der Waals surface area contributed by atoms with E-state index in [4.69, 9.17) is 30.6 Å².